The van der Waals surface area contributed by atoms with Crippen LogP contribution in [0.5, 0.6) is 0 Å². The molecule has 0 saturated heterocycles. The third-order valence-electron chi connectivity index (χ3n) is 4.87. The zero-order valence-corrected chi connectivity index (χ0v) is 18.7. The van der Waals surface area contributed by atoms with E-state index in [9.17, 15) is 9.59 Å². The van der Waals surface area contributed by atoms with Crippen molar-refractivity contribution in [3.63, 3.8) is 0 Å². The van der Waals surface area contributed by atoms with E-state index in [4.69, 9.17) is 9.47 Å². The molecule has 7 heteroatoms. The molecule has 1 aliphatic rings. The Balaban J connectivity index is 2.26. The van der Waals surface area contributed by atoms with Crippen LogP contribution in [-0.2, 0) is 19.1 Å². The topological polar surface area (TPSA) is 77.5 Å². The Bertz CT molecular complexity index is 995. The van der Waals surface area contributed by atoms with Gasteiger partial charge in [-0.15, -0.1) is 11.3 Å². The van der Waals surface area contributed by atoms with Gasteiger partial charge in [0.15, 0.2) is 0 Å². The molecule has 0 amide bonds. The first-order valence-corrected chi connectivity index (χ1v) is 10.8. The predicted octanol–water partition coefficient (Wildman–Crippen LogP) is 4.48. The van der Waals surface area contributed by atoms with E-state index in [1.807, 2.05) is 50.4 Å². The number of hydrogen-bond donors (Lipinski definition) is 1. The molecule has 1 aliphatic heterocycles. The van der Waals surface area contributed by atoms with Gasteiger partial charge in [0.2, 0.25) is 0 Å². The van der Waals surface area contributed by atoms with E-state index < -0.39 is 17.9 Å². The van der Waals surface area contributed by atoms with Crippen molar-refractivity contribution in [1.29, 1.82) is 0 Å². The van der Waals surface area contributed by atoms with Crippen LogP contribution in [0.2, 0.25) is 0 Å². The highest BCUT2D eigenvalue weighted by atomic mass is 32.1. The van der Waals surface area contributed by atoms with Crippen molar-refractivity contribution in [1.82, 2.24) is 10.3 Å². The molecule has 2 heterocycles. The summed E-state index contributed by atoms with van der Waals surface area (Å²) in [5.74, 6) is -1.52. The van der Waals surface area contributed by atoms with Crippen molar-refractivity contribution in [2.24, 2.45) is 0 Å². The SMILES string of the molecule is CCOC(=O)C1=C(C)NC(C)=C(C(=O)OCC)C1c1ccccc1-c1nc(C)cs1. The number of carbonyl (C=O) groups is 2. The van der Waals surface area contributed by atoms with Gasteiger partial charge in [-0.05, 0) is 40.2 Å². The average Bonchev–Trinajstić information content (AvgIpc) is 3.13. The average molecular weight is 427 g/mol. The summed E-state index contributed by atoms with van der Waals surface area (Å²) in [4.78, 5) is 30.6. The molecule has 158 valence electrons. The number of thiazole rings is 1. The number of aromatic nitrogens is 1. The standard InChI is InChI=1S/C23H26N2O4S/c1-6-28-22(26)18-14(4)25-15(5)19(23(27)29-7-2)20(18)16-10-8-9-11-17(16)21-24-13(3)12-30-21/h8-12,20,25H,6-7H2,1-5H3. The van der Waals surface area contributed by atoms with Gasteiger partial charge in [0.1, 0.15) is 5.01 Å². The molecule has 0 atom stereocenters. The van der Waals surface area contributed by atoms with Gasteiger partial charge in [0.05, 0.1) is 30.3 Å². The number of nitrogens with zero attached hydrogens (tertiary/aromatic N) is 1. The van der Waals surface area contributed by atoms with Crippen molar-refractivity contribution in [3.8, 4) is 10.6 Å². The molecule has 6 nitrogen and oxygen atoms in total. The lowest BCUT2D eigenvalue weighted by molar-refractivity contribution is -0.139. The molecule has 0 saturated carbocycles. The van der Waals surface area contributed by atoms with E-state index >= 15 is 0 Å². The van der Waals surface area contributed by atoms with Crippen molar-refractivity contribution in [2.45, 2.75) is 40.5 Å². The summed E-state index contributed by atoms with van der Waals surface area (Å²) >= 11 is 1.53. The summed E-state index contributed by atoms with van der Waals surface area (Å²) in [5, 5.41) is 5.98. The van der Waals surface area contributed by atoms with E-state index in [1.165, 1.54) is 11.3 Å². The Morgan fingerprint density at radius 1 is 1.00 bits per heavy atom. The molecular weight excluding hydrogens is 400 g/mol. The summed E-state index contributed by atoms with van der Waals surface area (Å²) < 4.78 is 10.7. The van der Waals surface area contributed by atoms with E-state index in [0.717, 1.165) is 21.8 Å². The highest BCUT2D eigenvalue weighted by molar-refractivity contribution is 7.13. The highest BCUT2D eigenvalue weighted by Gasteiger charge is 2.39. The minimum Gasteiger partial charge on any atom is -0.463 e. The Hall–Kier alpha value is -2.93. The number of nitrogens with one attached hydrogen (secondary N) is 1. The normalized spacial score (nSPS) is 14.6. The van der Waals surface area contributed by atoms with Gasteiger partial charge in [0, 0.05) is 28.0 Å². The molecule has 0 bridgehead atoms. The predicted molar refractivity (Wildman–Crippen MR) is 117 cm³/mol. The molecule has 30 heavy (non-hydrogen) atoms. The Morgan fingerprint density at radius 2 is 1.57 bits per heavy atom. The van der Waals surface area contributed by atoms with Crippen molar-refractivity contribution >= 4 is 23.3 Å². The monoisotopic (exact) mass is 426 g/mol. The van der Waals surface area contributed by atoms with Crippen LogP contribution < -0.4 is 5.32 Å². The van der Waals surface area contributed by atoms with Gasteiger partial charge in [-0.25, -0.2) is 14.6 Å². The van der Waals surface area contributed by atoms with Gasteiger partial charge in [-0.3, -0.25) is 0 Å². The maximum Gasteiger partial charge on any atom is 0.336 e. The second kappa shape index (κ2) is 9.26. The van der Waals surface area contributed by atoms with Gasteiger partial charge >= 0.3 is 11.9 Å². The van der Waals surface area contributed by atoms with Crippen LogP contribution in [0.4, 0.5) is 0 Å². The lowest BCUT2D eigenvalue weighted by atomic mass is 9.78. The van der Waals surface area contributed by atoms with E-state index in [0.29, 0.717) is 22.5 Å². The molecule has 0 fully saturated rings. The second-order valence-corrected chi connectivity index (χ2v) is 7.82. The molecule has 0 aliphatic carbocycles. The zero-order chi connectivity index (χ0) is 21.8. The number of esters is 2. The number of ether oxygens (including phenoxy) is 2. The third kappa shape index (κ3) is 4.16. The Morgan fingerprint density at radius 3 is 2.07 bits per heavy atom. The number of dihydropyridines is 1. The summed E-state index contributed by atoms with van der Waals surface area (Å²) in [7, 11) is 0. The molecule has 2 aromatic rings. The number of rotatable bonds is 6. The van der Waals surface area contributed by atoms with Gasteiger partial charge in [-0.1, -0.05) is 24.3 Å². The fourth-order valence-electron chi connectivity index (χ4n) is 3.69. The van der Waals surface area contributed by atoms with Crippen LogP contribution in [0.15, 0.2) is 52.2 Å². The van der Waals surface area contributed by atoms with Gasteiger partial charge in [0.25, 0.3) is 0 Å². The summed E-state index contributed by atoms with van der Waals surface area (Å²) in [5.41, 5.74) is 4.76. The van der Waals surface area contributed by atoms with Crippen LogP contribution in [0.1, 0.15) is 44.9 Å². The molecule has 0 radical (unpaired) electrons. The molecule has 3 rings (SSSR count). The number of aryl methyl sites for hydroxylation is 1. The maximum absolute atomic E-state index is 13.0. The largest absolute Gasteiger partial charge is 0.463 e. The van der Waals surface area contributed by atoms with E-state index in [2.05, 4.69) is 10.3 Å². The summed E-state index contributed by atoms with van der Waals surface area (Å²) in [6.45, 7) is 9.59. The third-order valence-corrected chi connectivity index (χ3v) is 5.87. The number of hydrogen-bond acceptors (Lipinski definition) is 7. The number of benzene rings is 1. The summed E-state index contributed by atoms with van der Waals surface area (Å²) in [6, 6.07) is 7.72. The van der Waals surface area contributed by atoms with Crippen molar-refractivity contribution in [3.05, 3.63) is 63.4 Å². The molecule has 1 N–H and O–H groups in total. The van der Waals surface area contributed by atoms with Crippen LogP contribution in [0.3, 0.4) is 0 Å². The van der Waals surface area contributed by atoms with Crippen molar-refractivity contribution in [2.75, 3.05) is 13.2 Å². The zero-order valence-electron chi connectivity index (χ0n) is 17.9. The highest BCUT2D eigenvalue weighted by Crippen LogP contribution is 2.43. The molecular formula is C23H26N2O4S. The van der Waals surface area contributed by atoms with Crippen LogP contribution >= 0.6 is 11.3 Å². The lowest BCUT2D eigenvalue weighted by Crippen LogP contribution is -2.32. The minimum absolute atomic E-state index is 0.243. The Kier molecular flexibility index (Phi) is 6.72. The first-order chi connectivity index (χ1) is 14.4. The molecule has 0 unspecified atom stereocenters. The molecule has 1 aromatic carbocycles. The molecule has 0 spiro atoms. The maximum atomic E-state index is 13.0. The lowest BCUT2D eigenvalue weighted by Gasteiger charge is -2.31. The first kappa shape index (κ1) is 21.8. The Labute approximate surface area is 180 Å². The smallest absolute Gasteiger partial charge is 0.336 e. The first-order valence-electron chi connectivity index (χ1n) is 9.93. The molecule has 1 aromatic heterocycles. The van der Waals surface area contributed by atoms with Crippen LogP contribution in [0.25, 0.3) is 10.6 Å². The van der Waals surface area contributed by atoms with Gasteiger partial charge in [-0.2, -0.15) is 0 Å². The van der Waals surface area contributed by atoms with Gasteiger partial charge < -0.3 is 14.8 Å². The van der Waals surface area contributed by atoms with Crippen LogP contribution in [-0.4, -0.2) is 30.1 Å². The minimum atomic E-state index is -0.621. The number of carbonyl (C=O) groups excluding carboxylic acids is 2. The summed E-state index contributed by atoms with van der Waals surface area (Å²) in [6.07, 6.45) is 0. The number of allylic oxidation sites excluding steroid dienone is 2. The van der Waals surface area contributed by atoms with Crippen LogP contribution in [0, 0.1) is 6.92 Å². The quantitative estimate of drug-likeness (QED) is 0.687. The van der Waals surface area contributed by atoms with Crippen molar-refractivity contribution < 1.29 is 19.1 Å². The van der Waals surface area contributed by atoms with E-state index in [1.54, 1.807) is 13.8 Å². The van der Waals surface area contributed by atoms with E-state index in [-0.39, 0.29) is 13.2 Å². The second-order valence-electron chi connectivity index (χ2n) is 6.96. The fraction of sp³-hybridized carbons (Fsp3) is 0.348. The fourth-order valence-corrected chi connectivity index (χ4v) is 4.53.